The number of nitrogens with one attached hydrogen (secondary N) is 2. The molecule has 0 aromatic carbocycles. The van der Waals surface area contributed by atoms with E-state index in [4.69, 9.17) is 4.99 Å². The molecule has 0 saturated heterocycles. The molecule has 1 unspecified atom stereocenters. The fraction of sp³-hybridized carbons (Fsp3) is 0.100. The number of rotatable bonds is 0. The topological polar surface area (TPSA) is 56.3 Å². The summed E-state index contributed by atoms with van der Waals surface area (Å²) in [6, 6.07) is 8.55. The predicted octanol–water partition coefficient (Wildman–Crippen LogP) is 1.89. The highest BCUT2D eigenvalue weighted by atomic mass is 14.8. The lowest BCUT2D eigenvalue weighted by atomic mass is 10.2. The molecule has 0 aliphatic carbocycles. The molecular formula is C20H16N4. The number of fused-ring (bicyclic) bond motifs is 6. The lowest BCUT2D eigenvalue weighted by Gasteiger charge is -2.02. The van der Waals surface area contributed by atoms with Gasteiger partial charge >= 0.3 is 0 Å². The van der Waals surface area contributed by atoms with E-state index in [0.717, 1.165) is 39.9 Å². The highest BCUT2D eigenvalue weighted by molar-refractivity contribution is 6.19. The predicted molar refractivity (Wildman–Crippen MR) is 98.4 cm³/mol. The molecule has 5 heterocycles. The lowest BCUT2D eigenvalue weighted by Crippen LogP contribution is -2.12. The Kier molecular flexibility index (Phi) is 2.88. The zero-order valence-electron chi connectivity index (χ0n) is 13.0. The maximum atomic E-state index is 4.77. The molecular weight excluding hydrogens is 296 g/mol. The van der Waals surface area contributed by atoms with Crippen LogP contribution in [0.4, 0.5) is 0 Å². The first-order valence-corrected chi connectivity index (χ1v) is 8.11. The van der Waals surface area contributed by atoms with Crippen molar-refractivity contribution >= 4 is 29.7 Å². The number of allylic oxidation sites excluding steroid dienone is 3. The van der Waals surface area contributed by atoms with Crippen molar-refractivity contribution in [3.8, 4) is 0 Å². The van der Waals surface area contributed by atoms with Crippen LogP contribution in [0.3, 0.4) is 0 Å². The summed E-state index contributed by atoms with van der Waals surface area (Å²) in [5.74, 6) is 0. The van der Waals surface area contributed by atoms with E-state index in [2.05, 4.69) is 69.6 Å². The standard InChI is InChI=1S/C20H16N4/c1-2-14-10-16-5-6-18(23-16)12-20-8-7-19(24-20)11-17-4-3-15(22-17)9-13(1)21-14/h1-11,18,21,24H,12H2. The minimum absolute atomic E-state index is 0.195. The second kappa shape index (κ2) is 5.20. The van der Waals surface area contributed by atoms with Crippen LogP contribution in [0.2, 0.25) is 0 Å². The van der Waals surface area contributed by atoms with Crippen LogP contribution in [0.1, 0.15) is 11.4 Å². The van der Waals surface area contributed by atoms with Gasteiger partial charge in [0.25, 0.3) is 0 Å². The van der Waals surface area contributed by atoms with E-state index >= 15 is 0 Å². The van der Waals surface area contributed by atoms with E-state index in [0.29, 0.717) is 0 Å². The van der Waals surface area contributed by atoms with Gasteiger partial charge in [-0.05, 0) is 60.7 Å². The Morgan fingerprint density at radius 3 is 2.62 bits per heavy atom. The van der Waals surface area contributed by atoms with Gasteiger partial charge in [-0.25, -0.2) is 4.99 Å². The van der Waals surface area contributed by atoms with Crippen LogP contribution in [0.25, 0.3) is 18.2 Å². The minimum Gasteiger partial charge on any atom is -0.359 e. The normalized spacial score (nSPS) is 21.0. The maximum Gasteiger partial charge on any atom is 0.0745 e. The van der Waals surface area contributed by atoms with Crippen molar-refractivity contribution in [1.82, 2.24) is 9.97 Å². The van der Waals surface area contributed by atoms with Gasteiger partial charge in [0.05, 0.1) is 23.2 Å². The Bertz CT molecular complexity index is 1080. The molecule has 116 valence electrons. The van der Waals surface area contributed by atoms with Crippen LogP contribution in [-0.2, 0) is 6.42 Å². The molecule has 0 amide bonds. The third-order valence-corrected chi connectivity index (χ3v) is 4.33. The fourth-order valence-electron chi connectivity index (χ4n) is 3.21. The van der Waals surface area contributed by atoms with Crippen molar-refractivity contribution in [2.75, 3.05) is 0 Å². The summed E-state index contributed by atoms with van der Waals surface area (Å²) >= 11 is 0. The van der Waals surface area contributed by atoms with E-state index < -0.39 is 0 Å². The van der Waals surface area contributed by atoms with E-state index in [1.165, 1.54) is 5.69 Å². The molecule has 8 bridgehead atoms. The highest BCUT2D eigenvalue weighted by Gasteiger charge is 2.12. The molecule has 4 heteroatoms. The Labute approximate surface area is 139 Å². The van der Waals surface area contributed by atoms with Crippen LogP contribution in [0, 0.1) is 0 Å². The third kappa shape index (κ3) is 2.52. The summed E-state index contributed by atoms with van der Waals surface area (Å²) in [4.78, 5) is 16.3. The Morgan fingerprint density at radius 1 is 0.833 bits per heavy atom. The van der Waals surface area contributed by atoms with Gasteiger partial charge in [-0.15, -0.1) is 0 Å². The van der Waals surface area contributed by atoms with Gasteiger partial charge in [0.1, 0.15) is 0 Å². The number of H-pyrrole nitrogens is 2. The number of aromatic nitrogens is 2. The third-order valence-electron chi connectivity index (χ3n) is 4.33. The monoisotopic (exact) mass is 312 g/mol. The van der Waals surface area contributed by atoms with Gasteiger partial charge in [0, 0.05) is 28.5 Å². The summed E-state index contributed by atoms with van der Waals surface area (Å²) in [6.07, 6.45) is 15.4. The molecule has 0 radical (unpaired) electrons. The summed E-state index contributed by atoms with van der Waals surface area (Å²) in [6.45, 7) is 0. The molecule has 3 aliphatic rings. The van der Waals surface area contributed by atoms with Gasteiger partial charge in [0.2, 0.25) is 0 Å². The first kappa shape index (κ1) is 13.3. The summed E-state index contributed by atoms with van der Waals surface area (Å²) in [5.41, 5.74) is 5.18. The number of aliphatic imine (C=N–C) groups is 2. The summed E-state index contributed by atoms with van der Waals surface area (Å²) < 4.78 is 0. The van der Waals surface area contributed by atoms with E-state index in [9.17, 15) is 0 Å². The Morgan fingerprint density at radius 2 is 1.71 bits per heavy atom. The summed E-state index contributed by atoms with van der Waals surface area (Å²) in [7, 11) is 0. The van der Waals surface area contributed by atoms with Crippen LogP contribution >= 0.6 is 0 Å². The molecule has 0 spiro atoms. The van der Waals surface area contributed by atoms with E-state index in [1.807, 2.05) is 12.2 Å². The van der Waals surface area contributed by atoms with Crippen LogP contribution in [0.5, 0.6) is 0 Å². The van der Waals surface area contributed by atoms with Gasteiger partial charge in [-0.2, -0.15) is 0 Å². The zero-order chi connectivity index (χ0) is 15.9. The van der Waals surface area contributed by atoms with Crippen molar-refractivity contribution in [2.45, 2.75) is 12.5 Å². The van der Waals surface area contributed by atoms with Crippen molar-refractivity contribution in [3.63, 3.8) is 0 Å². The number of aromatic amines is 2. The van der Waals surface area contributed by atoms with Crippen molar-refractivity contribution in [2.24, 2.45) is 9.98 Å². The summed E-state index contributed by atoms with van der Waals surface area (Å²) in [5, 5.41) is 2.09. The maximum absolute atomic E-state index is 4.77. The lowest BCUT2D eigenvalue weighted by molar-refractivity contribution is 0.807. The second-order valence-electron chi connectivity index (χ2n) is 6.22. The van der Waals surface area contributed by atoms with Crippen LogP contribution in [0.15, 0.2) is 64.3 Å². The van der Waals surface area contributed by atoms with Gasteiger partial charge in [-0.3, -0.25) is 4.99 Å². The largest absolute Gasteiger partial charge is 0.359 e. The molecule has 5 rings (SSSR count). The second-order valence-corrected chi connectivity index (χ2v) is 6.22. The van der Waals surface area contributed by atoms with E-state index in [1.54, 1.807) is 0 Å². The number of hydrogen-bond donors (Lipinski definition) is 2. The molecule has 0 fully saturated rings. The Balaban J connectivity index is 1.66. The Hall–Kier alpha value is -3.14. The van der Waals surface area contributed by atoms with Crippen molar-refractivity contribution < 1.29 is 0 Å². The quantitative estimate of drug-likeness (QED) is 0.746. The molecule has 1 atom stereocenters. The molecule has 2 aromatic heterocycles. The average Bonchev–Trinajstić information content (AvgIpc) is 3.32. The SMILES string of the molecule is C1=CC2=NC1=Cc1ccc([nH]1)CC1C=CC(=N1)C=c1ccc([nH]1)=C2. The first-order valence-electron chi connectivity index (χ1n) is 8.11. The zero-order valence-corrected chi connectivity index (χ0v) is 13.0. The number of nitrogens with zero attached hydrogens (tertiary/aromatic N) is 2. The van der Waals surface area contributed by atoms with Crippen molar-refractivity contribution in [1.29, 1.82) is 0 Å². The number of hydrogen-bond acceptors (Lipinski definition) is 2. The highest BCUT2D eigenvalue weighted by Crippen LogP contribution is 2.17. The molecule has 0 saturated carbocycles. The molecule has 4 nitrogen and oxygen atoms in total. The molecule has 3 aliphatic heterocycles. The fourth-order valence-corrected chi connectivity index (χ4v) is 3.21. The first-order chi connectivity index (χ1) is 11.8. The molecule has 24 heavy (non-hydrogen) atoms. The average molecular weight is 312 g/mol. The molecule has 2 aromatic rings. The van der Waals surface area contributed by atoms with Crippen LogP contribution in [-0.4, -0.2) is 27.4 Å². The van der Waals surface area contributed by atoms with Gasteiger partial charge < -0.3 is 9.97 Å². The van der Waals surface area contributed by atoms with Gasteiger partial charge in [0.15, 0.2) is 0 Å². The van der Waals surface area contributed by atoms with Gasteiger partial charge in [-0.1, -0.05) is 6.08 Å². The smallest absolute Gasteiger partial charge is 0.0745 e. The van der Waals surface area contributed by atoms with Crippen LogP contribution < -0.4 is 10.7 Å². The van der Waals surface area contributed by atoms with Crippen molar-refractivity contribution in [3.05, 3.63) is 76.4 Å². The van der Waals surface area contributed by atoms with E-state index in [-0.39, 0.29) is 6.04 Å². The molecule has 2 N–H and O–H groups in total. The minimum atomic E-state index is 0.195.